The molecule has 0 heterocycles. The lowest BCUT2D eigenvalue weighted by molar-refractivity contribution is 0.208. The van der Waals surface area contributed by atoms with Crippen molar-refractivity contribution in [1.82, 2.24) is 0 Å². The first kappa shape index (κ1) is 14.8. The number of ether oxygens (including phenoxy) is 1. The highest BCUT2D eigenvalue weighted by molar-refractivity contribution is 7.98. The van der Waals surface area contributed by atoms with Gasteiger partial charge in [-0.2, -0.15) is 0 Å². The average molecular weight is 296 g/mol. The molecule has 0 saturated heterocycles. The fourth-order valence-electron chi connectivity index (χ4n) is 1.89. The molecule has 106 valence electrons. The predicted octanol–water partition coefficient (Wildman–Crippen LogP) is 3.78. The first-order valence-electron chi connectivity index (χ1n) is 5.91. The van der Waals surface area contributed by atoms with Crippen LogP contribution in [0.4, 0.5) is 8.78 Å². The normalized spacial score (nSPS) is 12.2. The molecule has 0 spiro atoms. The van der Waals surface area contributed by atoms with Crippen molar-refractivity contribution in [2.24, 2.45) is 0 Å². The maximum absolute atomic E-state index is 13.9. The van der Waals surface area contributed by atoms with E-state index in [2.05, 4.69) is 0 Å². The van der Waals surface area contributed by atoms with Crippen LogP contribution in [0.25, 0.3) is 0 Å². The molecule has 0 aromatic heterocycles. The summed E-state index contributed by atoms with van der Waals surface area (Å²) in [4.78, 5) is 1.01. The fourth-order valence-corrected chi connectivity index (χ4v) is 2.30. The van der Waals surface area contributed by atoms with Crippen molar-refractivity contribution in [2.75, 3.05) is 13.4 Å². The van der Waals surface area contributed by atoms with Gasteiger partial charge in [0.1, 0.15) is 23.5 Å². The molecule has 0 aliphatic heterocycles. The van der Waals surface area contributed by atoms with Crippen LogP contribution in [0.15, 0.2) is 41.3 Å². The Balaban J connectivity index is 2.39. The number of rotatable bonds is 4. The van der Waals surface area contributed by atoms with E-state index in [4.69, 9.17) is 4.74 Å². The average Bonchev–Trinajstić information content (AvgIpc) is 2.46. The van der Waals surface area contributed by atoms with Gasteiger partial charge < -0.3 is 9.84 Å². The Hall–Kier alpha value is -1.59. The number of aliphatic hydroxyl groups excluding tert-OH is 1. The van der Waals surface area contributed by atoms with Gasteiger partial charge in [0.2, 0.25) is 0 Å². The Bertz CT molecular complexity index is 576. The summed E-state index contributed by atoms with van der Waals surface area (Å²) >= 11 is 1.55. The molecule has 0 saturated carbocycles. The van der Waals surface area contributed by atoms with Crippen LogP contribution >= 0.6 is 11.8 Å². The third-order valence-corrected chi connectivity index (χ3v) is 3.74. The largest absolute Gasteiger partial charge is 0.497 e. The molecule has 1 N–H and O–H groups in total. The summed E-state index contributed by atoms with van der Waals surface area (Å²) < 4.78 is 32.6. The first-order chi connectivity index (χ1) is 9.56. The minimum atomic E-state index is -1.35. The van der Waals surface area contributed by atoms with Crippen LogP contribution in [-0.2, 0) is 0 Å². The van der Waals surface area contributed by atoms with Crippen LogP contribution < -0.4 is 4.74 Å². The van der Waals surface area contributed by atoms with E-state index in [9.17, 15) is 13.9 Å². The van der Waals surface area contributed by atoms with Crippen molar-refractivity contribution in [2.45, 2.75) is 11.0 Å². The zero-order valence-corrected chi connectivity index (χ0v) is 11.9. The van der Waals surface area contributed by atoms with E-state index in [1.165, 1.54) is 7.11 Å². The SMILES string of the molecule is COc1cc(F)c(C(O)c2ccc(SC)cc2)c(F)c1. The van der Waals surface area contributed by atoms with Gasteiger partial charge in [-0.3, -0.25) is 0 Å². The monoisotopic (exact) mass is 296 g/mol. The summed E-state index contributed by atoms with van der Waals surface area (Å²) in [6.45, 7) is 0. The standard InChI is InChI=1S/C15H14F2O2S/c1-19-10-7-12(16)14(13(17)8-10)15(18)9-3-5-11(20-2)6-4-9/h3-8,15,18H,1-2H3. The third kappa shape index (κ3) is 2.94. The highest BCUT2D eigenvalue weighted by atomic mass is 32.2. The molecule has 20 heavy (non-hydrogen) atoms. The zero-order valence-electron chi connectivity index (χ0n) is 11.1. The number of halogens is 2. The second kappa shape index (κ2) is 6.24. The van der Waals surface area contributed by atoms with Crippen molar-refractivity contribution in [3.05, 3.63) is 59.2 Å². The van der Waals surface area contributed by atoms with Crippen LogP contribution in [0.3, 0.4) is 0 Å². The lowest BCUT2D eigenvalue weighted by atomic mass is 10.0. The minimum absolute atomic E-state index is 0.0775. The van der Waals surface area contributed by atoms with Crippen LogP contribution in [-0.4, -0.2) is 18.5 Å². The van der Waals surface area contributed by atoms with E-state index in [1.54, 1.807) is 36.0 Å². The predicted molar refractivity (Wildman–Crippen MR) is 75.2 cm³/mol. The summed E-state index contributed by atoms with van der Waals surface area (Å²) in [7, 11) is 1.32. The Kier molecular flexibility index (Phi) is 4.62. The van der Waals surface area contributed by atoms with E-state index in [1.807, 2.05) is 6.26 Å². The van der Waals surface area contributed by atoms with Gasteiger partial charge >= 0.3 is 0 Å². The van der Waals surface area contributed by atoms with E-state index in [-0.39, 0.29) is 11.3 Å². The number of benzene rings is 2. The molecule has 5 heteroatoms. The van der Waals surface area contributed by atoms with Crippen molar-refractivity contribution >= 4 is 11.8 Å². The molecular formula is C15H14F2O2S. The molecular weight excluding hydrogens is 282 g/mol. The van der Waals surface area contributed by atoms with Gasteiger partial charge in [-0.05, 0) is 24.0 Å². The van der Waals surface area contributed by atoms with Crippen molar-refractivity contribution in [1.29, 1.82) is 0 Å². The van der Waals surface area contributed by atoms with Crippen LogP contribution in [0.2, 0.25) is 0 Å². The van der Waals surface area contributed by atoms with E-state index in [0.29, 0.717) is 5.56 Å². The fraction of sp³-hybridized carbons (Fsp3) is 0.200. The summed E-state index contributed by atoms with van der Waals surface area (Å²) in [6.07, 6.45) is 0.575. The molecule has 2 rings (SSSR count). The lowest BCUT2D eigenvalue weighted by Crippen LogP contribution is -2.06. The van der Waals surface area contributed by atoms with Gasteiger partial charge in [0.05, 0.1) is 12.7 Å². The molecule has 0 radical (unpaired) electrons. The molecule has 2 aromatic rings. The summed E-state index contributed by atoms with van der Waals surface area (Å²) in [5.74, 6) is -1.58. The molecule has 2 nitrogen and oxygen atoms in total. The first-order valence-corrected chi connectivity index (χ1v) is 7.14. The smallest absolute Gasteiger partial charge is 0.135 e. The number of methoxy groups -OCH3 is 1. The molecule has 0 bridgehead atoms. The molecule has 2 aromatic carbocycles. The Morgan fingerprint density at radius 2 is 1.65 bits per heavy atom. The number of thioether (sulfide) groups is 1. The third-order valence-electron chi connectivity index (χ3n) is 2.99. The Morgan fingerprint density at radius 3 is 2.10 bits per heavy atom. The molecule has 0 aliphatic carbocycles. The quantitative estimate of drug-likeness (QED) is 0.871. The molecule has 1 atom stereocenters. The van der Waals surface area contributed by atoms with E-state index in [0.717, 1.165) is 17.0 Å². The zero-order chi connectivity index (χ0) is 14.7. The molecule has 0 fully saturated rings. The Morgan fingerprint density at radius 1 is 1.10 bits per heavy atom. The molecule has 0 amide bonds. The summed E-state index contributed by atoms with van der Waals surface area (Å²) in [5.41, 5.74) is 0.0634. The second-order valence-corrected chi connectivity index (χ2v) is 5.06. The minimum Gasteiger partial charge on any atom is -0.497 e. The maximum atomic E-state index is 13.9. The van der Waals surface area contributed by atoms with Crippen LogP contribution in [0, 0.1) is 11.6 Å². The van der Waals surface area contributed by atoms with Crippen LogP contribution in [0.1, 0.15) is 17.2 Å². The van der Waals surface area contributed by atoms with Crippen molar-refractivity contribution in [3.63, 3.8) is 0 Å². The highest BCUT2D eigenvalue weighted by Crippen LogP contribution is 2.30. The van der Waals surface area contributed by atoms with Gasteiger partial charge in [0.15, 0.2) is 0 Å². The number of hydrogen-bond acceptors (Lipinski definition) is 3. The Labute approximate surface area is 120 Å². The number of hydrogen-bond donors (Lipinski definition) is 1. The van der Waals surface area contributed by atoms with Crippen molar-refractivity contribution < 1.29 is 18.6 Å². The van der Waals surface area contributed by atoms with Gasteiger partial charge in [-0.1, -0.05) is 12.1 Å². The van der Waals surface area contributed by atoms with Crippen LogP contribution in [0.5, 0.6) is 5.75 Å². The van der Waals surface area contributed by atoms with Gasteiger partial charge in [-0.15, -0.1) is 11.8 Å². The topological polar surface area (TPSA) is 29.5 Å². The highest BCUT2D eigenvalue weighted by Gasteiger charge is 2.21. The molecule has 0 aliphatic rings. The lowest BCUT2D eigenvalue weighted by Gasteiger charge is -2.14. The summed E-state index contributed by atoms with van der Waals surface area (Å²) in [6, 6.07) is 9.00. The van der Waals surface area contributed by atoms with E-state index < -0.39 is 17.7 Å². The van der Waals surface area contributed by atoms with E-state index >= 15 is 0 Å². The molecule has 1 unspecified atom stereocenters. The maximum Gasteiger partial charge on any atom is 0.135 e. The van der Waals surface area contributed by atoms with Gasteiger partial charge in [0.25, 0.3) is 0 Å². The van der Waals surface area contributed by atoms with Crippen molar-refractivity contribution in [3.8, 4) is 5.75 Å². The second-order valence-electron chi connectivity index (χ2n) is 4.18. The summed E-state index contributed by atoms with van der Waals surface area (Å²) in [5, 5.41) is 10.2. The van der Waals surface area contributed by atoms with Gasteiger partial charge in [0, 0.05) is 17.0 Å². The van der Waals surface area contributed by atoms with Gasteiger partial charge in [-0.25, -0.2) is 8.78 Å². The number of aliphatic hydroxyl groups is 1.